The van der Waals surface area contributed by atoms with Crippen molar-refractivity contribution in [2.24, 2.45) is 0 Å². The molecule has 0 spiro atoms. The Labute approximate surface area is 174 Å². The minimum Gasteiger partial charge on any atom is -0.392 e. The number of aryl methyl sites for hydroxylation is 1. The molecule has 3 rings (SSSR count). The molecule has 0 bridgehead atoms. The zero-order chi connectivity index (χ0) is 24.1. The SMILES string of the molecule is Cc1ccc(C(c2ccc3c(c2)C(=O)OC3=O)(C(F)(F)F)C(F)(F)F)cc1C(=O)OC=O. The molecule has 2 aromatic rings. The predicted octanol–water partition coefficient (Wildman–Crippen LogP) is 4.03. The molecular weight excluding hydrogens is 450 g/mol. The van der Waals surface area contributed by atoms with Crippen LogP contribution in [0.4, 0.5) is 26.3 Å². The average Bonchev–Trinajstić information content (AvgIpc) is 2.95. The van der Waals surface area contributed by atoms with E-state index in [1.54, 1.807) is 0 Å². The summed E-state index contributed by atoms with van der Waals surface area (Å²) in [6, 6.07) is 2.98. The lowest BCUT2D eigenvalue weighted by atomic mass is 9.71. The van der Waals surface area contributed by atoms with Crippen LogP contribution >= 0.6 is 0 Å². The summed E-state index contributed by atoms with van der Waals surface area (Å²) in [5.41, 5.74) is -9.57. The number of cyclic esters (lactones) is 2. The summed E-state index contributed by atoms with van der Waals surface area (Å²) in [6.07, 6.45) is -12.0. The number of carbonyl (C=O) groups excluding carboxylic acids is 4. The van der Waals surface area contributed by atoms with Gasteiger partial charge in [-0.25, -0.2) is 14.4 Å². The molecule has 0 fully saturated rings. The van der Waals surface area contributed by atoms with Crippen LogP contribution in [0.1, 0.15) is 47.8 Å². The smallest absolute Gasteiger partial charge is 0.392 e. The van der Waals surface area contributed by atoms with E-state index in [4.69, 9.17) is 0 Å². The van der Waals surface area contributed by atoms with E-state index in [0.717, 1.165) is 6.07 Å². The second-order valence-electron chi connectivity index (χ2n) is 6.71. The Morgan fingerprint density at radius 3 is 1.97 bits per heavy atom. The molecular formula is C20H10F6O6. The average molecular weight is 460 g/mol. The Kier molecular flexibility index (Phi) is 5.36. The van der Waals surface area contributed by atoms with Gasteiger partial charge in [0.15, 0.2) is 0 Å². The second-order valence-corrected chi connectivity index (χ2v) is 6.71. The molecule has 0 amide bonds. The Morgan fingerprint density at radius 1 is 0.875 bits per heavy atom. The van der Waals surface area contributed by atoms with E-state index in [1.165, 1.54) is 6.92 Å². The molecule has 6 nitrogen and oxygen atoms in total. The normalized spacial score (nSPS) is 14.1. The van der Waals surface area contributed by atoms with Gasteiger partial charge < -0.3 is 9.47 Å². The van der Waals surface area contributed by atoms with Crippen LogP contribution in [0.15, 0.2) is 36.4 Å². The van der Waals surface area contributed by atoms with Crippen molar-refractivity contribution in [3.05, 3.63) is 69.8 Å². The van der Waals surface area contributed by atoms with Crippen molar-refractivity contribution in [2.75, 3.05) is 0 Å². The van der Waals surface area contributed by atoms with Gasteiger partial charge in [0.05, 0.1) is 16.7 Å². The van der Waals surface area contributed by atoms with Crippen molar-refractivity contribution in [3.63, 3.8) is 0 Å². The fourth-order valence-corrected chi connectivity index (χ4v) is 3.48. The van der Waals surface area contributed by atoms with Gasteiger partial charge in [-0.3, -0.25) is 4.79 Å². The predicted molar refractivity (Wildman–Crippen MR) is 91.7 cm³/mol. The van der Waals surface area contributed by atoms with Crippen molar-refractivity contribution >= 4 is 24.4 Å². The minimum absolute atomic E-state index is 0.0537. The topological polar surface area (TPSA) is 86.7 Å². The highest BCUT2D eigenvalue weighted by atomic mass is 19.4. The molecule has 2 aromatic carbocycles. The van der Waals surface area contributed by atoms with Gasteiger partial charge in [0, 0.05) is 0 Å². The summed E-state index contributed by atoms with van der Waals surface area (Å²) in [4.78, 5) is 45.6. The highest BCUT2D eigenvalue weighted by Crippen LogP contribution is 2.56. The number of carbonyl (C=O) groups is 4. The standard InChI is InChI=1S/C20H10F6O6/c1-9-2-3-10(6-13(9)15(28)31-8-27)18(19(21,22)23,20(24,25)26)11-4-5-12-14(7-11)17(30)32-16(12)29/h2-8H,1H3. The maximum absolute atomic E-state index is 14.3. The molecule has 12 heteroatoms. The van der Waals surface area contributed by atoms with Crippen LogP contribution in [0.2, 0.25) is 0 Å². The number of alkyl halides is 6. The third-order valence-electron chi connectivity index (χ3n) is 4.97. The van der Waals surface area contributed by atoms with Crippen LogP contribution in [0.3, 0.4) is 0 Å². The summed E-state index contributed by atoms with van der Waals surface area (Å²) in [5, 5.41) is 0. The van der Waals surface area contributed by atoms with Gasteiger partial charge in [-0.05, 0) is 41.8 Å². The van der Waals surface area contributed by atoms with Gasteiger partial charge >= 0.3 is 36.7 Å². The van der Waals surface area contributed by atoms with Crippen LogP contribution < -0.4 is 0 Å². The maximum atomic E-state index is 14.3. The van der Waals surface area contributed by atoms with Gasteiger partial charge in [0.1, 0.15) is 0 Å². The number of hydrogen-bond donors (Lipinski definition) is 0. The number of halogens is 6. The molecule has 168 valence electrons. The lowest BCUT2D eigenvalue weighted by molar-refractivity contribution is -0.288. The first kappa shape index (κ1) is 23.0. The van der Waals surface area contributed by atoms with Crippen LogP contribution in [0.25, 0.3) is 0 Å². The van der Waals surface area contributed by atoms with E-state index in [1.807, 2.05) is 0 Å². The molecule has 1 aliphatic rings. The lowest BCUT2D eigenvalue weighted by Crippen LogP contribution is -2.55. The summed E-state index contributed by atoms with van der Waals surface area (Å²) in [6.45, 7) is 0.892. The van der Waals surface area contributed by atoms with Crippen molar-refractivity contribution in [1.82, 2.24) is 0 Å². The Balaban J connectivity index is 2.40. The number of esters is 3. The Morgan fingerprint density at radius 2 is 1.41 bits per heavy atom. The van der Waals surface area contributed by atoms with Gasteiger partial charge in [0.25, 0.3) is 0 Å². The fraction of sp³-hybridized carbons (Fsp3) is 0.200. The van der Waals surface area contributed by atoms with E-state index in [-0.39, 0.29) is 18.1 Å². The summed E-state index contributed by atoms with van der Waals surface area (Å²) in [5.74, 6) is -4.07. The number of fused-ring (bicyclic) bond motifs is 1. The first-order valence-electron chi connectivity index (χ1n) is 8.56. The fourth-order valence-electron chi connectivity index (χ4n) is 3.48. The summed E-state index contributed by atoms with van der Waals surface area (Å²) in [7, 11) is 0. The zero-order valence-corrected chi connectivity index (χ0v) is 15.8. The largest absolute Gasteiger partial charge is 0.411 e. The number of benzene rings is 2. The number of hydrogen-bond acceptors (Lipinski definition) is 6. The zero-order valence-electron chi connectivity index (χ0n) is 15.8. The highest BCUT2D eigenvalue weighted by Gasteiger charge is 2.72. The maximum Gasteiger partial charge on any atom is 0.411 e. The van der Waals surface area contributed by atoms with Crippen molar-refractivity contribution in [1.29, 1.82) is 0 Å². The van der Waals surface area contributed by atoms with Crippen LogP contribution in [-0.4, -0.2) is 36.7 Å². The van der Waals surface area contributed by atoms with Gasteiger partial charge in [-0.2, -0.15) is 26.3 Å². The van der Waals surface area contributed by atoms with E-state index in [0.29, 0.717) is 24.3 Å². The molecule has 0 radical (unpaired) electrons. The van der Waals surface area contributed by atoms with E-state index < -0.39 is 63.5 Å². The van der Waals surface area contributed by atoms with E-state index in [9.17, 15) is 45.5 Å². The van der Waals surface area contributed by atoms with Crippen molar-refractivity contribution in [2.45, 2.75) is 24.7 Å². The third-order valence-corrected chi connectivity index (χ3v) is 4.97. The highest BCUT2D eigenvalue weighted by molar-refractivity contribution is 6.14. The second kappa shape index (κ2) is 7.46. The molecule has 0 unspecified atom stereocenters. The lowest BCUT2D eigenvalue weighted by Gasteiger charge is -2.38. The van der Waals surface area contributed by atoms with Crippen LogP contribution in [-0.2, 0) is 19.7 Å². The Hall–Kier alpha value is -3.70. The summed E-state index contributed by atoms with van der Waals surface area (Å²) >= 11 is 0. The minimum atomic E-state index is -6.02. The van der Waals surface area contributed by atoms with E-state index >= 15 is 0 Å². The van der Waals surface area contributed by atoms with E-state index in [2.05, 4.69) is 9.47 Å². The quantitative estimate of drug-likeness (QED) is 0.297. The summed E-state index contributed by atoms with van der Waals surface area (Å²) < 4.78 is 93.9. The van der Waals surface area contributed by atoms with Gasteiger partial charge in [-0.1, -0.05) is 18.2 Å². The first-order valence-corrected chi connectivity index (χ1v) is 8.56. The molecule has 0 saturated heterocycles. The van der Waals surface area contributed by atoms with Gasteiger partial charge in [-0.15, -0.1) is 0 Å². The van der Waals surface area contributed by atoms with Crippen molar-refractivity contribution in [3.8, 4) is 0 Å². The van der Waals surface area contributed by atoms with Crippen LogP contribution in [0.5, 0.6) is 0 Å². The van der Waals surface area contributed by atoms with Crippen LogP contribution in [0, 0.1) is 6.92 Å². The van der Waals surface area contributed by atoms with Gasteiger partial charge in [0.2, 0.25) is 5.41 Å². The van der Waals surface area contributed by atoms with Crippen molar-refractivity contribution < 1.29 is 55.0 Å². The molecule has 0 atom stereocenters. The monoisotopic (exact) mass is 460 g/mol. The third kappa shape index (κ3) is 3.31. The Bertz CT molecular complexity index is 1130. The molecule has 1 aliphatic heterocycles. The molecule has 0 saturated carbocycles. The molecule has 0 aliphatic carbocycles. The first-order chi connectivity index (χ1) is 14.8. The molecule has 32 heavy (non-hydrogen) atoms. The molecule has 0 N–H and O–H groups in total. The number of ether oxygens (including phenoxy) is 2. The molecule has 1 heterocycles. The molecule has 0 aromatic heterocycles. The number of rotatable bonds is 4.